The third kappa shape index (κ3) is 3.28. The number of rotatable bonds is 3. The largest absolute Gasteiger partial charge is 0.373 e. The molecule has 1 unspecified atom stereocenters. The number of halogens is 1. The minimum absolute atomic E-state index is 0.0437. The van der Waals surface area contributed by atoms with Crippen LogP contribution in [-0.4, -0.2) is 44.6 Å². The first-order valence-electron chi connectivity index (χ1n) is 10.3. The lowest BCUT2D eigenvalue weighted by Gasteiger charge is -2.33. The molecule has 2 fully saturated rings. The van der Waals surface area contributed by atoms with E-state index in [0.29, 0.717) is 6.61 Å². The highest BCUT2D eigenvalue weighted by molar-refractivity contribution is 5.68. The molecule has 0 radical (unpaired) electrons. The maximum absolute atomic E-state index is 14.3. The normalized spacial score (nSPS) is 21.1. The van der Waals surface area contributed by atoms with Gasteiger partial charge in [-0.2, -0.15) is 5.10 Å². The molecule has 1 aromatic carbocycles. The number of ether oxygens (including phenoxy) is 1. The molecule has 0 aliphatic carbocycles. The summed E-state index contributed by atoms with van der Waals surface area (Å²) in [5.74, 6) is 0.476. The van der Waals surface area contributed by atoms with Gasteiger partial charge in [-0.25, -0.2) is 14.1 Å². The third-order valence-electron chi connectivity index (χ3n) is 6.20. The second-order valence-electron chi connectivity index (χ2n) is 8.26. The van der Waals surface area contributed by atoms with Crippen molar-refractivity contribution in [1.29, 1.82) is 0 Å². The number of hydrogen-bond acceptors (Lipinski definition) is 4. The van der Waals surface area contributed by atoms with Gasteiger partial charge in [-0.15, -0.1) is 0 Å². The molecule has 0 saturated carbocycles. The van der Waals surface area contributed by atoms with E-state index in [1.54, 1.807) is 18.3 Å². The van der Waals surface area contributed by atoms with Gasteiger partial charge in [0, 0.05) is 23.7 Å². The van der Waals surface area contributed by atoms with Crippen molar-refractivity contribution >= 4 is 0 Å². The van der Waals surface area contributed by atoms with E-state index in [1.165, 1.54) is 6.07 Å². The highest BCUT2D eigenvalue weighted by atomic mass is 19.1. The molecule has 3 aromatic rings. The van der Waals surface area contributed by atoms with Crippen LogP contribution >= 0.6 is 0 Å². The summed E-state index contributed by atoms with van der Waals surface area (Å²) < 4.78 is 24.6. The van der Waals surface area contributed by atoms with Gasteiger partial charge in [0.1, 0.15) is 11.6 Å². The van der Waals surface area contributed by atoms with Crippen LogP contribution in [0.25, 0.3) is 17.1 Å². The zero-order chi connectivity index (χ0) is 20.0. The monoisotopic (exact) mass is 395 g/mol. The van der Waals surface area contributed by atoms with Crippen LogP contribution in [0.15, 0.2) is 36.7 Å². The fraction of sp³-hybridized carbons (Fsp3) is 0.455. The summed E-state index contributed by atoms with van der Waals surface area (Å²) in [5, 5.41) is 8.01. The first-order chi connectivity index (χ1) is 14.0. The molecule has 6 nitrogen and oxygen atoms in total. The molecule has 4 heterocycles. The average molecular weight is 395 g/mol. The van der Waals surface area contributed by atoms with Crippen molar-refractivity contribution in [3.8, 4) is 17.1 Å². The van der Waals surface area contributed by atoms with Gasteiger partial charge in [-0.1, -0.05) is 0 Å². The summed E-state index contributed by atoms with van der Waals surface area (Å²) in [6.45, 7) is 6.62. The predicted molar refractivity (Wildman–Crippen MR) is 109 cm³/mol. The molecule has 0 amide bonds. The minimum Gasteiger partial charge on any atom is -0.373 e. The lowest BCUT2D eigenvalue weighted by Crippen LogP contribution is -2.41. The highest BCUT2D eigenvalue weighted by Crippen LogP contribution is 2.41. The van der Waals surface area contributed by atoms with Gasteiger partial charge in [-0.3, -0.25) is 0 Å². The van der Waals surface area contributed by atoms with Gasteiger partial charge in [0.05, 0.1) is 29.6 Å². The average Bonchev–Trinajstić information content (AvgIpc) is 3.41. The molecule has 1 atom stereocenters. The van der Waals surface area contributed by atoms with Crippen molar-refractivity contribution in [2.24, 2.45) is 0 Å². The van der Waals surface area contributed by atoms with Crippen LogP contribution in [0.2, 0.25) is 0 Å². The summed E-state index contributed by atoms with van der Waals surface area (Å²) in [4.78, 5) is 4.62. The standard InChI is InChI=1S/C22H26FN5O/c1-15-11-16(2)28(26-15)20-4-3-17(23)12-19(20)21-25-9-10-27(21)18-13-22(29-14-18)5-7-24-8-6-22/h3-4,9-12,18,24H,5-8,13-14H2,1-2H3. The predicted octanol–water partition coefficient (Wildman–Crippen LogP) is 3.58. The van der Waals surface area contributed by atoms with E-state index in [1.807, 2.05) is 30.8 Å². The van der Waals surface area contributed by atoms with Crippen molar-refractivity contribution in [2.45, 2.75) is 44.8 Å². The Labute approximate surface area is 169 Å². The first-order valence-corrected chi connectivity index (χ1v) is 10.3. The summed E-state index contributed by atoms with van der Waals surface area (Å²) >= 11 is 0. The SMILES string of the molecule is Cc1cc(C)n(-c2ccc(F)cc2-c2nccn2C2COC3(CCNCC3)C2)n1. The van der Waals surface area contributed by atoms with Crippen LogP contribution in [0.3, 0.4) is 0 Å². The molecule has 2 aliphatic heterocycles. The van der Waals surface area contributed by atoms with Gasteiger partial charge in [0.25, 0.3) is 0 Å². The fourth-order valence-corrected chi connectivity index (χ4v) is 4.79. The molecule has 7 heteroatoms. The Hall–Kier alpha value is -2.51. The first kappa shape index (κ1) is 18.5. The molecular weight excluding hydrogens is 369 g/mol. The number of aryl methyl sites for hydroxylation is 2. The molecule has 29 heavy (non-hydrogen) atoms. The Kier molecular flexibility index (Phi) is 4.52. The molecule has 2 saturated heterocycles. The molecule has 2 aromatic heterocycles. The van der Waals surface area contributed by atoms with Crippen molar-refractivity contribution in [1.82, 2.24) is 24.6 Å². The van der Waals surface area contributed by atoms with Crippen molar-refractivity contribution in [2.75, 3.05) is 19.7 Å². The molecule has 2 aliphatic rings. The number of hydrogen-bond donors (Lipinski definition) is 1. The molecule has 0 bridgehead atoms. The van der Waals surface area contributed by atoms with Crippen LogP contribution in [0.5, 0.6) is 0 Å². The lowest BCUT2D eigenvalue weighted by molar-refractivity contribution is -0.0195. The zero-order valence-corrected chi connectivity index (χ0v) is 16.9. The second-order valence-corrected chi connectivity index (χ2v) is 8.26. The minimum atomic E-state index is -0.280. The Morgan fingerprint density at radius 3 is 2.79 bits per heavy atom. The van der Waals surface area contributed by atoms with Gasteiger partial charge < -0.3 is 14.6 Å². The maximum atomic E-state index is 14.3. The van der Waals surface area contributed by atoms with Crippen LogP contribution in [0.1, 0.15) is 36.7 Å². The quantitative estimate of drug-likeness (QED) is 0.737. The Bertz CT molecular complexity index is 1030. The van der Waals surface area contributed by atoms with Crippen LogP contribution < -0.4 is 5.32 Å². The summed E-state index contributed by atoms with van der Waals surface area (Å²) in [6, 6.07) is 7.03. The number of nitrogens with one attached hydrogen (secondary N) is 1. The summed E-state index contributed by atoms with van der Waals surface area (Å²) in [7, 11) is 0. The number of nitrogens with zero attached hydrogens (tertiary/aromatic N) is 4. The van der Waals surface area contributed by atoms with Crippen LogP contribution in [0.4, 0.5) is 4.39 Å². The van der Waals surface area contributed by atoms with Gasteiger partial charge >= 0.3 is 0 Å². The van der Waals surface area contributed by atoms with E-state index >= 15 is 0 Å². The summed E-state index contributed by atoms with van der Waals surface area (Å²) in [6.07, 6.45) is 6.80. The smallest absolute Gasteiger partial charge is 0.142 e. The third-order valence-corrected chi connectivity index (χ3v) is 6.20. The fourth-order valence-electron chi connectivity index (χ4n) is 4.79. The maximum Gasteiger partial charge on any atom is 0.142 e. The Balaban J connectivity index is 1.55. The van der Waals surface area contributed by atoms with Crippen molar-refractivity contribution in [3.05, 3.63) is 53.9 Å². The van der Waals surface area contributed by atoms with E-state index in [2.05, 4.69) is 20.0 Å². The van der Waals surface area contributed by atoms with Gasteiger partial charge in [-0.05, 0) is 70.5 Å². The van der Waals surface area contributed by atoms with Crippen molar-refractivity contribution in [3.63, 3.8) is 0 Å². The van der Waals surface area contributed by atoms with Gasteiger partial charge in [0.2, 0.25) is 0 Å². The van der Waals surface area contributed by atoms with Crippen LogP contribution in [-0.2, 0) is 4.74 Å². The topological polar surface area (TPSA) is 56.9 Å². The second kappa shape index (κ2) is 7.07. The van der Waals surface area contributed by atoms with E-state index in [4.69, 9.17) is 4.74 Å². The molecule has 1 spiro atoms. The number of imidazole rings is 1. The Morgan fingerprint density at radius 2 is 2.03 bits per heavy atom. The number of aromatic nitrogens is 4. The summed E-state index contributed by atoms with van der Waals surface area (Å²) in [5.41, 5.74) is 3.47. The van der Waals surface area contributed by atoms with E-state index < -0.39 is 0 Å². The van der Waals surface area contributed by atoms with Crippen molar-refractivity contribution < 1.29 is 9.13 Å². The van der Waals surface area contributed by atoms with Crippen LogP contribution in [0, 0.1) is 19.7 Å². The molecular formula is C22H26FN5O. The Morgan fingerprint density at radius 1 is 1.21 bits per heavy atom. The van der Waals surface area contributed by atoms with E-state index in [-0.39, 0.29) is 17.5 Å². The zero-order valence-electron chi connectivity index (χ0n) is 16.9. The molecule has 5 rings (SSSR count). The van der Waals surface area contributed by atoms with Gasteiger partial charge in [0.15, 0.2) is 0 Å². The lowest BCUT2D eigenvalue weighted by atomic mass is 9.88. The molecule has 1 N–H and O–H groups in total. The number of piperidine rings is 1. The highest BCUT2D eigenvalue weighted by Gasteiger charge is 2.42. The number of benzene rings is 1. The van der Waals surface area contributed by atoms with E-state index in [0.717, 1.165) is 60.8 Å². The van der Waals surface area contributed by atoms with E-state index in [9.17, 15) is 4.39 Å². The molecule has 152 valence electrons.